The highest BCUT2D eigenvalue weighted by Crippen LogP contribution is 2.27. The molecule has 6 nitrogen and oxygen atoms in total. The van der Waals surface area contributed by atoms with Crippen LogP contribution >= 0.6 is 0 Å². The van der Waals surface area contributed by atoms with Gasteiger partial charge in [0.15, 0.2) is 0 Å². The molecule has 0 fully saturated rings. The second-order valence-electron chi connectivity index (χ2n) is 4.81. The number of aryl methyl sites for hydroxylation is 1. The number of alkyl halides is 3. The largest absolute Gasteiger partial charge is 0.573 e. The summed E-state index contributed by atoms with van der Waals surface area (Å²) < 4.78 is 42.6. The van der Waals surface area contributed by atoms with E-state index in [9.17, 15) is 18.0 Å². The van der Waals surface area contributed by atoms with Gasteiger partial charge in [-0.1, -0.05) is 18.2 Å². The maximum atomic E-state index is 12.4. The fraction of sp³-hybridized carbons (Fsp3) is 0.357. The van der Waals surface area contributed by atoms with Crippen molar-refractivity contribution < 1.29 is 22.7 Å². The molecule has 0 spiro atoms. The Labute approximate surface area is 130 Å². The lowest BCUT2D eigenvalue weighted by molar-refractivity contribution is -0.275. The van der Waals surface area contributed by atoms with E-state index in [0.29, 0.717) is 6.54 Å². The number of ether oxygens (including phenoxy) is 1. The van der Waals surface area contributed by atoms with Crippen molar-refractivity contribution in [3.8, 4) is 5.75 Å². The van der Waals surface area contributed by atoms with Crippen LogP contribution in [0.15, 0.2) is 36.9 Å². The molecule has 0 radical (unpaired) electrons. The maximum Gasteiger partial charge on any atom is 0.573 e. The molecule has 0 saturated carbocycles. The first-order valence-electron chi connectivity index (χ1n) is 6.75. The van der Waals surface area contributed by atoms with Crippen LogP contribution in [0.1, 0.15) is 12.0 Å². The number of nitrogens with zero attached hydrogens (tertiary/aromatic N) is 4. The molecule has 0 bridgehead atoms. The van der Waals surface area contributed by atoms with Gasteiger partial charge in [0, 0.05) is 25.6 Å². The van der Waals surface area contributed by atoms with E-state index >= 15 is 0 Å². The number of carbonyl (C=O) groups is 1. The molecular weight excluding hydrogens is 313 g/mol. The first-order valence-corrected chi connectivity index (χ1v) is 6.75. The van der Waals surface area contributed by atoms with Gasteiger partial charge in [-0.2, -0.15) is 5.10 Å². The van der Waals surface area contributed by atoms with Crippen molar-refractivity contribution >= 4 is 5.91 Å². The van der Waals surface area contributed by atoms with Crippen LogP contribution in [0, 0.1) is 0 Å². The zero-order valence-electron chi connectivity index (χ0n) is 12.3. The smallest absolute Gasteiger partial charge is 0.405 e. The molecule has 1 amide bonds. The van der Waals surface area contributed by atoms with Crippen LogP contribution < -0.4 is 4.74 Å². The fourth-order valence-electron chi connectivity index (χ4n) is 1.95. The lowest BCUT2D eigenvalue weighted by atomic mass is 10.2. The number of halogens is 3. The minimum atomic E-state index is -4.77. The van der Waals surface area contributed by atoms with Gasteiger partial charge in [0.2, 0.25) is 5.91 Å². The number of hydrogen-bond acceptors (Lipinski definition) is 4. The summed E-state index contributed by atoms with van der Waals surface area (Å²) in [6, 6.07) is 5.74. The molecule has 0 aliphatic heterocycles. The monoisotopic (exact) mass is 328 g/mol. The van der Waals surface area contributed by atoms with Crippen LogP contribution in [0.3, 0.4) is 0 Å². The number of para-hydroxylation sites is 1. The summed E-state index contributed by atoms with van der Waals surface area (Å²) in [4.78, 5) is 17.1. The SMILES string of the molecule is CN(Cc1ccccc1OC(F)(F)F)C(=O)CCn1cncn1. The van der Waals surface area contributed by atoms with Gasteiger partial charge in [-0.3, -0.25) is 9.48 Å². The second-order valence-corrected chi connectivity index (χ2v) is 4.81. The van der Waals surface area contributed by atoms with Crippen LogP contribution in [0.2, 0.25) is 0 Å². The summed E-state index contributed by atoms with van der Waals surface area (Å²) in [6.45, 7) is 0.367. The van der Waals surface area contributed by atoms with Gasteiger partial charge in [-0.25, -0.2) is 4.98 Å². The standard InChI is InChI=1S/C14H15F3N4O2/c1-20(13(22)6-7-21-10-18-9-19-21)8-11-4-2-3-5-12(11)23-14(15,16)17/h2-5,9-10H,6-8H2,1H3. The zero-order valence-corrected chi connectivity index (χ0v) is 12.3. The summed E-state index contributed by atoms with van der Waals surface area (Å²) in [5, 5.41) is 3.88. The molecule has 2 aromatic rings. The fourth-order valence-corrected chi connectivity index (χ4v) is 1.95. The number of hydrogen-bond donors (Lipinski definition) is 0. The summed E-state index contributed by atoms with van der Waals surface area (Å²) in [5.74, 6) is -0.529. The third kappa shape index (κ3) is 5.28. The van der Waals surface area contributed by atoms with E-state index in [1.807, 2.05) is 0 Å². The Hall–Kier alpha value is -2.58. The van der Waals surface area contributed by atoms with Crippen molar-refractivity contribution in [2.45, 2.75) is 25.9 Å². The Morgan fingerprint density at radius 3 is 2.74 bits per heavy atom. The average molecular weight is 328 g/mol. The molecule has 9 heteroatoms. The Morgan fingerprint density at radius 1 is 1.35 bits per heavy atom. The predicted octanol–water partition coefficient (Wildman–Crippen LogP) is 2.23. The molecular formula is C14H15F3N4O2. The Kier molecular flexibility index (Phi) is 5.20. The van der Waals surface area contributed by atoms with Crippen LogP contribution in [-0.4, -0.2) is 39.0 Å². The van der Waals surface area contributed by atoms with E-state index in [2.05, 4.69) is 14.8 Å². The minimum Gasteiger partial charge on any atom is -0.405 e. The molecule has 0 unspecified atom stereocenters. The number of benzene rings is 1. The predicted molar refractivity (Wildman–Crippen MR) is 74.2 cm³/mol. The van der Waals surface area contributed by atoms with E-state index in [4.69, 9.17) is 0 Å². The van der Waals surface area contributed by atoms with Gasteiger partial charge in [0.05, 0.1) is 6.54 Å². The molecule has 2 rings (SSSR count). The topological polar surface area (TPSA) is 60.2 Å². The average Bonchev–Trinajstić information content (AvgIpc) is 2.98. The second kappa shape index (κ2) is 7.12. The van der Waals surface area contributed by atoms with Gasteiger partial charge >= 0.3 is 6.36 Å². The van der Waals surface area contributed by atoms with Gasteiger partial charge in [0.1, 0.15) is 18.4 Å². The Morgan fingerprint density at radius 2 is 2.09 bits per heavy atom. The quantitative estimate of drug-likeness (QED) is 0.816. The van der Waals surface area contributed by atoms with Crippen molar-refractivity contribution in [2.24, 2.45) is 0 Å². The van der Waals surface area contributed by atoms with E-state index in [0.717, 1.165) is 0 Å². The Bertz CT molecular complexity index is 644. The van der Waals surface area contributed by atoms with E-state index in [1.165, 1.54) is 47.5 Å². The van der Waals surface area contributed by atoms with E-state index in [1.54, 1.807) is 6.07 Å². The van der Waals surface area contributed by atoms with Crippen LogP contribution in [0.25, 0.3) is 0 Å². The van der Waals surface area contributed by atoms with E-state index in [-0.39, 0.29) is 30.2 Å². The van der Waals surface area contributed by atoms with Crippen LogP contribution in [0.5, 0.6) is 5.75 Å². The van der Waals surface area contributed by atoms with Crippen molar-refractivity contribution in [1.82, 2.24) is 19.7 Å². The number of amides is 1. The molecule has 1 heterocycles. The number of rotatable bonds is 6. The molecule has 1 aromatic carbocycles. The lowest BCUT2D eigenvalue weighted by Crippen LogP contribution is -2.28. The van der Waals surface area contributed by atoms with Crippen molar-refractivity contribution in [2.75, 3.05) is 7.05 Å². The normalized spacial score (nSPS) is 11.3. The third-order valence-corrected chi connectivity index (χ3v) is 3.05. The van der Waals surface area contributed by atoms with Crippen LogP contribution in [0.4, 0.5) is 13.2 Å². The Balaban J connectivity index is 1.96. The lowest BCUT2D eigenvalue weighted by Gasteiger charge is -2.20. The van der Waals surface area contributed by atoms with Gasteiger partial charge < -0.3 is 9.64 Å². The minimum absolute atomic E-state index is 0.0163. The van der Waals surface area contributed by atoms with Crippen LogP contribution in [-0.2, 0) is 17.9 Å². The molecule has 0 N–H and O–H groups in total. The first kappa shape index (κ1) is 16.8. The van der Waals surface area contributed by atoms with Gasteiger partial charge in [-0.15, -0.1) is 13.2 Å². The highest BCUT2D eigenvalue weighted by molar-refractivity contribution is 5.75. The van der Waals surface area contributed by atoms with Crippen molar-refractivity contribution in [3.63, 3.8) is 0 Å². The number of aromatic nitrogens is 3. The maximum absolute atomic E-state index is 12.4. The summed E-state index contributed by atoms with van der Waals surface area (Å²) in [6.07, 6.45) is -1.76. The number of carbonyl (C=O) groups excluding carboxylic acids is 1. The molecule has 0 aliphatic rings. The first-order chi connectivity index (χ1) is 10.8. The van der Waals surface area contributed by atoms with Crippen molar-refractivity contribution in [3.05, 3.63) is 42.5 Å². The molecule has 23 heavy (non-hydrogen) atoms. The summed E-state index contributed by atoms with van der Waals surface area (Å²) in [7, 11) is 1.52. The van der Waals surface area contributed by atoms with Crippen molar-refractivity contribution in [1.29, 1.82) is 0 Å². The molecule has 0 atom stereocenters. The van der Waals surface area contributed by atoms with Gasteiger partial charge in [0.25, 0.3) is 0 Å². The molecule has 1 aromatic heterocycles. The highest BCUT2D eigenvalue weighted by Gasteiger charge is 2.32. The van der Waals surface area contributed by atoms with Gasteiger partial charge in [-0.05, 0) is 6.07 Å². The van der Waals surface area contributed by atoms with E-state index < -0.39 is 6.36 Å². The summed E-state index contributed by atoms with van der Waals surface area (Å²) >= 11 is 0. The highest BCUT2D eigenvalue weighted by atomic mass is 19.4. The molecule has 124 valence electrons. The third-order valence-electron chi connectivity index (χ3n) is 3.05. The summed E-state index contributed by atoms with van der Waals surface area (Å²) in [5.41, 5.74) is 0.279. The molecule has 0 aliphatic carbocycles. The molecule has 0 saturated heterocycles. The zero-order chi connectivity index (χ0) is 16.9.